The summed E-state index contributed by atoms with van der Waals surface area (Å²) >= 11 is 12.6. The van der Waals surface area contributed by atoms with Gasteiger partial charge in [-0.1, -0.05) is 63.0 Å². The lowest BCUT2D eigenvalue weighted by Crippen LogP contribution is -2.50. The highest BCUT2D eigenvalue weighted by Gasteiger charge is 2.52. The molecule has 2 amide bonds. The van der Waals surface area contributed by atoms with Gasteiger partial charge in [-0.2, -0.15) is 0 Å². The number of aliphatic imine (C=N–C) groups is 1. The number of hydrogen-bond donors (Lipinski definition) is 2. The van der Waals surface area contributed by atoms with Gasteiger partial charge in [-0.05, 0) is 79.8 Å². The second-order valence-electron chi connectivity index (χ2n) is 12.2. The first-order valence-electron chi connectivity index (χ1n) is 13.7. The van der Waals surface area contributed by atoms with Crippen LogP contribution >= 0.6 is 23.2 Å². The molecule has 7 nitrogen and oxygen atoms in total. The largest absolute Gasteiger partial charge is 0.481 e. The van der Waals surface area contributed by atoms with Crippen molar-refractivity contribution < 1.29 is 19.5 Å². The Morgan fingerprint density at radius 3 is 2.17 bits per heavy atom. The van der Waals surface area contributed by atoms with Crippen molar-refractivity contribution in [1.29, 1.82) is 0 Å². The molecular formula is C31H37Cl2N3O4. The average Bonchev–Trinajstić information content (AvgIpc) is 3.16. The Morgan fingerprint density at radius 2 is 1.65 bits per heavy atom. The van der Waals surface area contributed by atoms with Gasteiger partial charge in [0.15, 0.2) is 0 Å². The number of carboxylic acids is 1. The maximum absolute atomic E-state index is 14.1. The number of carbonyl (C=O) groups excluding carboxylic acids is 2. The minimum absolute atomic E-state index is 0.0420. The number of halogens is 2. The van der Waals surface area contributed by atoms with Crippen molar-refractivity contribution in [3.63, 3.8) is 0 Å². The van der Waals surface area contributed by atoms with Crippen molar-refractivity contribution in [3.8, 4) is 0 Å². The van der Waals surface area contributed by atoms with Gasteiger partial charge in [0, 0.05) is 27.7 Å². The van der Waals surface area contributed by atoms with E-state index in [-0.39, 0.29) is 29.8 Å². The smallest absolute Gasteiger partial charge is 0.308 e. The lowest BCUT2D eigenvalue weighted by Gasteiger charge is -2.46. The fourth-order valence-electron chi connectivity index (χ4n) is 5.82. The first kappa shape index (κ1) is 30.1. The van der Waals surface area contributed by atoms with Crippen LogP contribution in [0, 0.1) is 17.3 Å². The topological polar surface area (TPSA) is 99.1 Å². The lowest BCUT2D eigenvalue weighted by atomic mass is 9.69. The van der Waals surface area contributed by atoms with Crippen LogP contribution in [-0.4, -0.2) is 45.7 Å². The van der Waals surface area contributed by atoms with Gasteiger partial charge < -0.3 is 15.3 Å². The number of carboxylic acid groups (broad SMARTS) is 1. The van der Waals surface area contributed by atoms with E-state index in [2.05, 4.69) is 26.1 Å². The predicted molar refractivity (Wildman–Crippen MR) is 158 cm³/mol. The molecule has 40 heavy (non-hydrogen) atoms. The number of amides is 2. The van der Waals surface area contributed by atoms with Crippen molar-refractivity contribution in [2.24, 2.45) is 22.2 Å². The number of carbonyl (C=O) groups is 3. The Morgan fingerprint density at radius 1 is 1.07 bits per heavy atom. The summed E-state index contributed by atoms with van der Waals surface area (Å²) in [5.41, 5.74) is 1.78. The van der Waals surface area contributed by atoms with Crippen LogP contribution in [0.4, 0.5) is 0 Å². The number of benzene rings is 2. The Bertz CT molecular complexity index is 1300. The third-order valence-corrected chi connectivity index (χ3v) is 8.81. The van der Waals surface area contributed by atoms with E-state index in [1.165, 1.54) is 0 Å². The summed E-state index contributed by atoms with van der Waals surface area (Å²) in [5, 5.41) is 12.6. The molecule has 2 aromatic rings. The zero-order valence-corrected chi connectivity index (χ0v) is 25.1. The SMILES string of the molecule is CC(CNC(=O)c1ccc([C@@H](C)N2C(=O)C(c3cc(Cl)cc(Cl)c3)=NC23CCC(C(C)(C)C)CC3)cc1)C(=O)O. The standard InChI is InChI=1S/C31H37Cl2N3O4/c1-18(29(39)40)17-34-27(37)21-8-6-20(7-9-21)19(2)36-28(38)26(22-14-24(32)16-25(33)15-22)35-31(36)12-10-23(11-13-31)30(3,4)5/h6-9,14-16,18-19,23H,10-13,17H2,1-5H3,(H,34,37)(H,39,40)/t18?,19-,23?,31?/m1/s1. The highest BCUT2D eigenvalue weighted by molar-refractivity contribution is 6.47. The molecule has 0 aromatic heterocycles. The number of rotatable bonds is 7. The van der Waals surface area contributed by atoms with Crippen LogP contribution in [-0.2, 0) is 9.59 Å². The Kier molecular flexibility index (Phi) is 8.67. The molecule has 1 unspecified atom stereocenters. The van der Waals surface area contributed by atoms with Crippen LogP contribution in [0.15, 0.2) is 47.5 Å². The second-order valence-corrected chi connectivity index (χ2v) is 13.0. The van der Waals surface area contributed by atoms with Crippen molar-refractivity contribution in [2.45, 2.75) is 72.0 Å². The van der Waals surface area contributed by atoms with Gasteiger partial charge >= 0.3 is 5.97 Å². The third kappa shape index (κ3) is 6.21. The van der Waals surface area contributed by atoms with Gasteiger partial charge in [-0.15, -0.1) is 0 Å². The monoisotopic (exact) mass is 585 g/mol. The van der Waals surface area contributed by atoms with Crippen LogP contribution in [0.2, 0.25) is 10.0 Å². The van der Waals surface area contributed by atoms with E-state index in [9.17, 15) is 14.4 Å². The van der Waals surface area contributed by atoms with E-state index in [1.54, 1.807) is 37.3 Å². The summed E-state index contributed by atoms with van der Waals surface area (Å²) in [4.78, 5) is 44.7. The van der Waals surface area contributed by atoms with Crippen LogP contribution in [0.3, 0.4) is 0 Å². The van der Waals surface area contributed by atoms with Gasteiger partial charge in [-0.25, -0.2) is 0 Å². The molecule has 9 heteroatoms. The van der Waals surface area contributed by atoms with Crippen molar-refractivity contribution in [3.05, 3.63) is 69.2 Å². The molecule has 214 valence electrons. The Labute approximate surface area is 246 Å². The molecule has 1 saturated carbocycles. The highest BCUT2D eigenvalue weighted by Crippen LogP contribution is 2.49. The molecule has 1 fully saturated rings. The van der Waals surface area contributed by atoms with E-state index in [4.69, 9.17) is 33.3 Å². The zero-order valence-electron chi connectivity index (χ0n) is 23.6. The van der Waals surface area contributed by atoms with E-state index in [1.807, 2.05) is 24.0 Å². The summed E-state index contributed by atoms with van der Waals surface area (Å²) in [6.45, 7) is 10.4. The van der Waals surface area contributed by atoms with E-state index < -0.39 is 17.6 Å². The quantitative estimate of drug-likeness (QED) is 0.374. The summed E-state index contributed by atoms with van der Waals surface area (Å²) in [7, 11) is 0. The summed E-state index contributed by atoms with van der Waals surface area (Å²) in [6, 6.07) is 11.9. The molecule has 2 aromatic carbocycles. The van der Waals surface area contributed by atoms with Crippen molar-refractivity contribution >= 4 is 46.7 Å². The van der Waals surface area contributed by atoms with Crippen LogP contribution in [0.25, 0.3) is 0 Å². The first-order chi connectivity index (χ1) is 18.7. The van der Waals surface area contributed by atoms with Gasteiger partial charge in [-0.3, -0.25) is 19.4 Å². The molecule has 2 aliphatic rings. The number of nitrogens with zero attached hydrogens (tertiary/aromatic N) is 2. The van der Waals surface area contributed by atoms with E-state index in [0.717, 1.165) is 31.2 Å². The molecule has 4 rings (SSSR count). The molecule has 1 aliphatic carbocycles. The molecule has 1 spiro atoms. The van der Waals surface area contributed by atoms with Gasteiger partial charge in [0.1, 0.15) is 11.4 Å². The van der Waals surface area contributed by atoms with Crippen molar-refractivity contribution in [2.75, 3.05) is 6.54 Å². The molecule has 1 aliphatic heterocycles. The fraction of sp³-hybridized carbons (Fsp3) is 0.484. The number of aliphatic carboxylic acids is 1. The minimum atomic E-state index is -0.966. The van der Waals surface area contributed by atoms with Crippen molar-refractivity contribution in [1.82, 2.24) is 10.2 Å². The van der Waals surface area contributed by atoms with Gasteiger partial charge in [0.05, 0.1) is 12.0 Å². The van der Waals surface area contributed by atoms with E-state index in [0.29, 0.717) is 32.8 Å². The molecule has 1 heterocycles. The zero-order chi connectivity index (χ0) is 29.4. The number of nitrogens with one attached hydrogen (secondary N) is 1. The minimum Gasteiger partial charge on any atom is -0.481 e. The maximum atomic E-state index is 14.1. The average molecular weight is 587 g/mol. The third-order valence-electron chi connectivity index (χ3n) is 8.37. The van der Waals surface area contributed by atoms with Crippen LogP contribution in [0.1, 0.15) is 87.8 Å². The molecule has 2 N–H and O–H groups in total. The molecule has 0 radical (unpaired) electrons. The predicted octanol–water partition coefficient (Wildman–Crippen LogP) is 6.77. The van der Waals surface area contributed by atoms with E-state index >= 15 is 0 Å². The highest BCUT2D eigenvalue weighted by atomic mass is 35.5. The Hall–Kier alpha value is -2.90. The van der Waals surface area contributed by atoms with Gasteiger partial charge in [0.25, 0.3) is 11.8 Å². The van der Waals surface area contributed by atoms with Gasteiger partial charge in [0.2, 0.25) is 0 Å². The van der Waals surface area contributed by atoms with Crippen LogP contribution < -0.4 is 5.32 Å². The molecule has 2 atom stereocenters. The fourth-order valence-corrected chi connectivity index (χ4v) is 6.35. The normalized spacial score (nSPS) is 22.7. The molecule has 0 saturated heterocycles. The Balaban J connectivity index is 1.62. The second kappa shape index (κ2) is 11.5. The molecular weight excluding hydrogens is 549 g/mol. The van der Waals surface area contributed by atoms with Crippen LogP contribution in [0.5, 0.6) is 0 Å². The maximum Gasteiger partial charge on any atom is 0.308 e. The summed E-state index contributed by atoms with van der Waals surface area (Å²) in [6.07, 6.45) is 3.43. The number of hydrogen-bond acceptors (Lipinski definition) is 4. The summed E-state index contributed by atoms with van der Waals surface area (Å²) < 4.78 is 0. The first-order valence-corrected chi connectivity index (χ1v) is 14.5. The summed E-state index contributed by atoms with van der Waals surface area (Å²) in [5.74, 6) is -1.62. The molecule has 0 bridgehead atoms. The lowest BCUT2D eigenvalue weighted by molar-refractivity contribution is -0.140.